The van der Waals surface area contributed by atoms with Crippen molar-refractivity contribution in [2.24, 2.45) is 0 Å². The molecule has 7 heteroatoms. The van der Waals surface area contributed by atoms with Gasteiger partial charge in [0.2, 0.25) is 0 Å². The van der Waals surface area contributed by atoms with Crippen molar-refractivity contribution >= 4 is 49.8 Å². The SMILES string of the molecule is CCCNc1nc(N)c(C(=O)Nc2ccccc2Br)s1. The Balaban J connectivity index is 2.13. The average molecular weight is 355 g/mol. The van der Waals surface area contributed by atoms with Gasteiger partial charge in [0, 0.05) is 11.0 Å². The molecule has 0 aliphatic carbocycles. The summed E-state index contributed by atoms with van der Waals surface area (Å²) in [5, 5.41) is 6.61. The topological polar surface area (TPSA) is 80.0 Å². The van der Waals surface area contributed by atoms with Crippen molar-refractivity contribution in [1.82, 2.24) is 4.98 Å². The van der Waals surface area contributed by atoms with E-state index < -0.39 is 0 Å². The van der Waals surface area contributed by atoms with Crippen LogP contribution >= 0.6 is 27.3 Å². The first-order valence-electron chi connectivity index (χ1n) is 6.18. The van der Waals surface area contributed by atoms with E-state index in [1.807, 2.05) is 24.3 Å². The van der Waals surface area contributed by atoms with E-state index in [9.17, 15) is 4.79 Å². The quantitative estimate of drug-likeness (QED) is 0.766. The molecule has 1 aromatic heterocycles. The van der Waals surface area contributed by atoms with Gasteiger partial charge in [0.1, 0.15) is 10.7 Å². The van der Waals surface area contributed by atoms with E-state index in [0.29, 0.717) is 15.7 Å². The van der Waals surface area contributed by atoms with Crippen LogP contribution in [0.25, 0.3) is 0 Å². The molecule has 0 bridgehead atoms. The van der Waals surface area contributed by atoms with Gasteiger partial charge in [0.05, 0.1) is 5.69 Å². The molecule has 0 saturated carbocycles. The van der Waals surface area contributed by atoms with Crippen molar-refractivity contribution in [3.05, 3.63) is 33.6 Å². The number of nitrogen functional groups attached to an aromatic ring is 1. The summed E-state index contributed by atoms with van der Waals surface area (Å²) in [7, 11) is 0. The fraction of sp³-hybridized carbons (Fsp3) is 0.231. The summed E-state index contributed by atoms with van der Waals surface area (Å²) in [6, 6.07) is 7.41. The number of nitrogens with zero attached hydrogens (tertiary/aromatic N) is 1. The number of amides is 1. The van der Waals surface area contributed by atoms with Gasteiger partial charge in [-0.1, -0.05) is 30.4 Å². The van der Waals surface area contributed by atoms with Crippen molar-refractivity contribution in [3.63, 3.8) is 0 Å². The molecule has 4 N–H and O–H groups in total. The summed E-state index contributed by atoms with van der Waals surface area (Å²) in [5.41, 5.74) is 6.49. The van der Waals surface area contributed by atoms with Crippen molar-refractivity contribution in [2.45, 2.75) is 13.3 Å². The van der Waals surface area contributed by atoms with E-state index in [0.717, 1.165) is 17.4 Å². The summed E-state index contributed by atoms with van der Waals surface area (Å²) in [6.07, 6.45) is 0.984. The minimum absolute atomic E-state index is 0.248. The number of thiazole rings is 1. The van der Waals surface area contributed by atoms with Gasteiger partial charge in [0.15, 0.2) is 5.13 Å². The summed E-state index contributed by atoms with van der Waals surface area (Å²) < 4.78 is 0.820. The lowest BCUT2D eigenvalue weighted by atomic mass is 10.3. The van der Waals surface area contributed by atoms with E-state index in [1.165, 1.54) is 11.3 Å². The van der Waals surface area contributed by atoms with E-state index in [4.69, 9.17) is 5.73 Å². The molecule has 0 fully saturated rings. The number of hydrogen-bond donors (Lipinski definition) is 3. The number of para-hydroxylation sites is 1. The zero-order valence-electron chi connectivity index (χ0n) is 10.9. The van der Waals surface area contributed by atoms with Crippen LogP contribution in [0.1, 0.15) is 23.0 Å². The van der Waals surface area contributed by atoms with Crippen molar-refractivity contribution in [1.29, 1.82) is 0 Å². The molecule has 1 heterocycles. The molecular formula is C13H15BrN4OS. The van der Waals surface area contributed by atoms with Gasteiger partial charge in [-0.2, -0.15) is 0 Å². The van der Waals surface area contributed by atoms with Crippen molar-refractivity contribution in [3.8, 4) is 0 Å². The highest BCUT2D eigenvalue weighted by Gasteiger charge is 2.16. The number of carbonyl (C=O) groups is 1. The predicted molar refractivity (Wildman–Crippen MR) is 87.4 cm³/mol. The molecule has 0 saturated heterocycles. The molecule has 1 amide bonds. The number of rotatable bonds is 5. The summed E-state index contributed by atoms with van der Waals surface area (Å²) in [6.45, 7) is 2.86. The fourth-order valence-electron chi connectivity index (χ4n) is 1.54. The first-order valence-corrected chi connectivity index (χ1v) is 7.78. The Hall–Kier alpha value is -1.60. The molecule has 0 unspecified atom stereocenters. The smallest absolute Gasteiger partial charge is 0.269 e. The minimum Gasteiger partial charge on any atom is -0.382 e. The maximum Gasteiger partial charge on any atom is 0.269 e. The summed E-state index contributed by atoms with van der Waals surface area (Å²) in [5.74, 6) is -0.00500. The highest BCUT2D eigenvalue weighted by Crippen LogP contribution is 2.27. The lowest BCUT2D eigenvalue weighted by molar-refractivity contribution is 0.103. The second-order valence-corrected chi connectivity index (χ2v) is 5.95. The molecule has 5 nitrogen and oxygen atoms in total. The molecule has 20 heavy (non-hydrogen) atoms. The maximum absolute atomic E-state index is 12.2. The normalized spacial score (nSPS) is 10.3. The molecule has 0 aliphatic heterocycles. The molecule has 1 aromatic carbocycles. The molecule has 0 aliphatic rings. The van der Waals surface area contributed by atoms with Gasteiger partial charge in [-0.25, -0.2) is 4.98 Å². The molecular weight excluding hydrogens is 340 g/mol. The van der Waals surface area contributed by atoms with Crippen LogP contribution in [-0.4, -0.2) is 17.4 Å². The zero-order valence-corrected chi connectivity index (χ0v) is 13.3. The monoisotopic (exact) mass is 354 g/mol. The number of nitrogens with two attached hydrogens (primary N) is 1. The van der Waals surface area contributed by atoms with Gasteiger partial charge in [-0.05, 0) is 34.5 Å². The minimum atomic E-state index is -0.253. The van der Waals surface area contributed by atoms with Crippen LogP contribution in [0.4, 0.5) is 16.6 Å². The van der Waals surface area contributed by atoms with Crippen LogP contribution in [0.2, 0.25) is 0 Å². The van der Waals surface area contributed by atoms with E-state index in [1.54, 1.807) is 0 Å². The number of nitrogens with one attached hydrogen (secondary N) is 2. The van der Waals surface area contributed by atoms with Gasteiger partial charge in [0.25, 0.3) is 5.91 Å². The highest BCUT2D eigenvalue weighted by atomic mass is 79.9. The number of halogens is 1. The second kappa shape index (κ2) is 6.71. The lowest BCUT2D eigenvalue weighted by Crippen LogP contribution is -2.12. The Labute approximate surface area is 129 Å². The predicted octanol–water partition coefficient (Wildman–Crippen LogP) is 3.56. The Bertz CT molecular complexity index is 614. The number of aromatic nitrogens is 1. The van der Waals surface area contributed by atoms with Crippen LogP contribution in [0, 0.1) is 0 Å². The molecule has 0 spiro atoms. The van der Waals surface area contributed by atoms with Gasteiger partial charge in [-0.3, -0.25) is 4.79 Å². The maximum atomic E-state index is 12.2. The number of carbonyl (C=O) groups excluding carboxylic acids is 1. The third-order valence-corrected chi connectivity index (χ3v) is 4.23. The summed E-state index contributed by atoms with van der Waals surface area (Å²) in [4.78, 5) is 16.8. The number of anilines is 3. The van der Waals surface area contributed by atoms with Crippen LogP contribution in [0.3, 0.4) is 0 Å². The summed E-state index contributed by atoms with van der Waals surface area (Å²) >= 11 is 4.64. The van der Waals surface area contributed by atoms with Crippen LogP contribution in [0.15, 0.2) is 28.7 Å². The fourth-order valence-corrected chi connectivity index (χ4v) is 2.73. The van der Waals surface area contributed by atoms with Gasteiger partial charge < -0.3 is 16.4 Å². The molecule has 0 radical (unpaired) electrons. The van der Waals surface area contributed by atoms with Crippen molar-refractivity contribution in [2.75, 3.05) is 22.9 Å². The van der Waals surface area contributed by atoms with Crippen molar-refractivity contribution < 1.29 is 4.79 Å². The van der Waals surface area contributed by atoms with Crippen LogP contribution < -0.4 is 16.4 Å². The van der Waals surface area contributed by atoms with E-state index >= 15 is 0 Å². The molecule has 2 rings (SSSR count). The van der Waals surface area contributed by atoms with E-state index in [2.05, 4.69) is 38.5 Å². The molecule has 0 atom stereocenters. The van der Waals surface area contributed by atoms with Crippen LogP contribution in [0.5, 0.6) is 0 Å². The largest absolute Gasteiger partial charge is 0.382 e. The van der Waals surface area contributed by atoms with Crippen LogP contribution in [-0.2, 0) is 0 Å². The third-order valence-electron chi connectivity index (χ3n) is 2.51. The first-order chi connectivity index (χ1) is 9.61. The first kappa shape index (κ1) is 14.8. The van der Waals surface area contributed by atoms with Gasteiger partial charge in [-0.15, -0.1) is 0 Å². The Morgan fingerprint density at radius 2 is 2.20 bits per heavy atom. The van der Waals surface area contributed by atoms with E-state index in [-0.39, 0.29) is 11.7 Å². The number of benzene rings is 1. The Morgan fingerprint density at radius 1 is 1.45 bits per heavy atom. The number of hydrogen-bond acceptors (Lipinski definition) is 5. The highest BCUT2D eigenvalue weighted by molar-refractivity contribution is 9.10. The lowest BCUT2D eigenvalue weighted by Gasteiger charge is -2.05. The Kier molecular flexibility index (Phi) is 4.97. The molecule has 2 aromatic rings. The third kappa shape index (κ3) is 3.49. The Morgan fingerprint density at radius 3 is 2.90 bits per heavy atom. The standard InChI is InChI=1S/C13H15BrN4OS/c1-2-7-16-13-18-11(15)10(20-13)12(19)17-9-6-4-3-5-8(9)14/h3-6H,2,7,15H2,1H3,(H,16,18)(H,17,19). The molecule has 106 valence electrons. The average Bonchev–Trinajstić information content (AvgIpc) is 2.80. The van der Waals surface area contributed by atoms with Gasteiger partial charge >= 0.3 is 0 Å². The second-order valence-electron chi connectivity index (χ2n) is 4.09. The zero-order chi connectivity index (χ0) is 14.5.